The summed E-state index contributed by atoms with van der Waals surface area (Å²) in [6.07, 6.45) is 0. The molecule has 0 saturated heterocycles. The summed E-state index contributed by atoms with van der Waals surface area (Å²) in [5.74, 6) is 0.861. The van der Waals surface area contributed by atoms with E-state index in [1.165, 1.54) is 0 Å². The number of ether oxygens (including phenoxy) is 1. The van der Waals surface area contributed by atoms with Gasteiger partial charge >= 0.3 is 0 Å². The molecule has 0 saturated carbocycles. The smallest absolute Gasteiger partial charge is 0.0758 e. The molecule has 0 bridgehead atoms. The molecule has 4 heteroatoms. The number of hydrogen-bond acceptors (Lipinski definition) is 4. The highest BCUT2D eigenvalue weighted by Crippen LogP contribution is 2.27. The Bertz CT molecular complexity index is 318. The first kappa shape index (κ1) is 13.2. The quantitative estimate of drug-likeness (QED) is 0.327. The van der Waals surface area contributed by atoms with Crippen molar-refractivity contribution in [3.63, 3.8) is 0 Å². The molecule has 3 nitrogen and oxygen atoms in total. The molecule has 1 aromatic carbocycles. The Morgan fingerprint density at radius 3 is 3.00 bits per heavy atom. The molecule has 0 aromatic heterocycles. The van der Waals surface area contributed by atoms with E-state index in [-0.39, 0.29) is 0 Å². The van der Waals surface area contributed by atoms with E-state index < -0.39 is 0 Å². The van der Waals surface area contributed by atoms with Gasteiger partial charge in [-0.05, 0) is 25.8 Å². The Hall–Kier alpha value is -0.840. The molecule has 88 valence electrons. The van der Waals surface area contributed by atoms with E-state index in [4.69, 9.17) is 4.74 Å². The van der Waals surface area contributed by atoms with Gasteiger partial charge in [0.15, 0.2) is 0 Å². The lowest BCUT2D eigenvalue weighted by Gasteiger charge is -2.06. The van der Waals surface area contributed by atoms with Gasteiger partial charge in [-0.2, -0.15) is 0 Å². The second-order valence-corrected chi connectivity index (χ2v) is 4.13. The van der Waals surface area contributed by atoms with Crippen LogP contribution >= 0.6 is 11.8 Å². The molecule has 16 heavy (non-hydrogen) atoms. The van der Waals surface area contributed by atoms with Crippen molar-refractivity contribution >= 4 is 24.2 Å². The molecule has 0 fully saturated rings. The van der Waals surface area contributed by atoms with Crippen LogP contribution in [-0.4, -0.2) is 32.4 Å². The Morgan fingerprint density at radius 1 is 1.44 bits per heavy atom. The molecule has 0 unspecified atom stereocenters. The van der Waals surface area contributed by atoms with Gasteiger partial charge in [-0.25, -0.2) is 0 Å². The van der Waals surface area contributed by atoms with Crippen LogP contribution in [0.2, 0.25) is 0 Å². The first-order chi connectivity index (χ1) is 7.88. The summed E-state index contributed by atoms with van der Waals surface area (Å²) in [7, 11) is 0. The normalized spacial score (nSPS) is 10.3. The summed E-state index contributed by atoms with van der Waals surface area (Å²) in [5, 5.41) is 3.30. The second-order valence-electron chi connectivity index (χ2n) is 3.11. The third-order valence-corrected chi connectivity index (χ3v) is 3.00. The van der Waals surface area contributed by atoms with Crippen molar-refractivity contribution in [3.05, 3.63) is 24.3 Å². The Kier molecular flexibility index (Phi) is 6.88. The van der Waals surface area contributed by atoms with Crippen molar-refractivity contribution in [2.75, 3.05) is 25.6 Å². The Balaban J connectivity index is 2.23. The van der Waals surface area contributed by atoms with Crippen LogP contribution in [0.15, 0.2) is 34.2 Å². The molecule has 0 heterocycles. The lowest BCUT2D eigenvalue weighted by atomic mass is 10.3. The van der Waals surface area contributed by atoms with Crippen LogP contribution < -0.4 is 5.32 Å². The van der Waals surface area contributed by atoms with Crippen LogP contribution in [0.3, 0.4) is 0 Å². The number of nitrogens with zero attached hydrogens (tertiary/aromatic N) is 1. The maximum absolute atomic E-state index is 5.23. The average Bonchev–Trinajstić information content (AvgIpc) is 2.34. The number of aliphatic imine (C=N–C) groups is 1. The zero-order valence-corrected chi connectivity index (χ0v) is 10.4. The lowest BCUT2D eigenvalue weighted by molar-refractivity contribution is 0.150. The van der Waals surface area contributed by atoms with Crippen LogP contribution in [-0.2, 0) is 4.74 Å². The van der Waals surface area contributed by atoms with Crippen LogP contribution in [0, 0.1) is 0 Å². The maximum atomic E-state index is 5.23. The van der Waals surface area contributed by atoms with Gasteiger partial charge < -0.3 is 10.1 Å². The predicted molar refractivity (Wildman–Crippen MR) is 70.9 cm³/mol. The minimum absolute atomic E-state index is 0.762. The van der Waals surface area contributed by atoms with Gasteiger partial charge in [-0.1, -0.05) is 12.1 Å². The molecule has 0 atom stereocenters. The molecule has 0 spiro atoms. The summed E-state index contributed by atoms with van der Waals surface area (Å²) in [6.45, 7) is 7.97. The molecule has 1 N–H and O–H groups in total. The molecule has 1 rings (SSSR count). The molecular weight excluding hydrogens is 220 g/mol. The molecular formula is C12H18N2OS. The number of hydrogen-bond donors (Lipinski definition) is 1. The van der Waals surface area contributed by atoms with Gasteiger partial charge in [0.2, 0.25) is 0 Å². The summed E-state index contributed by atoms with van der Waals surface area (Å²) >= 11 is 1.73. The first-order valence-corrected chi connectivity index (χ1v) is 6.34. The molecule has 0 aliphatic heterocycles. The predicted octanol–water partition coefficient (Wildman–Crippen LogP) is 2.69. The van der Waals surface area contributed by atoms with Gasteiger partial charge in [0, 0.05) is 23.9 Å². The minimum atomic E-state index is 0.762. The van der Waals surface area contributed by atoms with E-state index in [1.807, 2.05) is 25.1 Å². The maximum Gasteiger partial charge on any atom is 0.0758 e. The van der Waals surface area contributed by atoms with Crippen molar-refractivity contribution in [1.82, 2.24) is 5.32 Å². The monoisotopic (exact) mass is 238 g/mol. The van der Waals surface area contributed by atoms with Gasteiger partial charge in [0.1, 0.15) is 0 Å². The third-order valence-electron chi connectivity index (χ3n) is 1.99. The first-order valence-electron chi connectivity index (χ1n) is 5.35. The SMILES string of the molecule is C=Nc1ccccc1SCNCCOCC. The summed E-state index contributed by atoms with van der Waals surface area (Å²) in [5.41, 5.74) is 0.944. The van der Waals surface area contributed by atoms with E-state index in [0.717, 1.165) is 36.2 Å². The number of para-hydroxylation sites is 1. The highest BCUT2D eigenvalue weighted by Gasteiger charge is 1.98. The molecule has 1 aromatic rings. The van der Waals surface area contributed by atoms with Gasteiger partial charge in [-0.3, -0.25) is 4.99 Å². The van der Waals surface area contributed by atoms with Crippen molar-refractivity contribution in [2.24, 2.45) is 4.99 Å². The zero-order chi connectivity index (χ0) is 11.6. The van der Waals surface area contributed by atoms with Gasteiger partial charge in [-0.15, -0.1) is 11.8 Å². The van der Waals surface area contributed by atoms with Crippen LogP contribution in [0.25, 0.3) is 0 Å². The van der Waals surface area contributed by atoms with Gasteiger partial charge in [0.05, 0.1) is 12.3 Å². The minimum Gasteiger partial charge on any atom is -0.380 e. The zero-order valence-electron chi connectivity index (χ0n) is 9.61. The molecule has 0 radical (unpaired) electrons. The number of rotatable bonds is 8. The largest absolute Gasteiger partial charge is 0.380 e. The van der Waals surface area contributed by atoms with Crippen molar-refractivity contribution < 1.29 is 4.74 Å². The second kappa shape index (κ2) is 8.33. The molecule has 0 aliphatic rings. The van der Waals surface area contributed by atoms with E-state index in [2.05, 4.69) is 23.1 Å². The highest BCUT2D eigenvalue weighted by molar-refractivity contribution is 7.99. The average molecular weight is 238 g/mol. The molecule has 0 aliphatic carbocycles. The lowest BCUT2D eigenvalue weighted by Crippen LogP contribution is -2.18. The number of nitrogens with one attached hydrogen (secondary N) is 1. The van der Waals surface area contributed by atoms with Gasteiger partial charge in [0.25, 0.3) is 0 Å². The number of thioether (sulfide) groups is 1. The highest BCUT2D eigenvalue weighted by atomic mass is 32.2. The topological polar surface area (TPSA) is 33.6 Å². The van der Waals surface area contributed by atoms with Crippen molar-refractivity contribution in [3.8, 4) is 0 Å². The van der Waals surface area contributed by atoms with E-state index in [1.54, 1.807) is 11.8 Å². The Labute approximate surface area is 101 Å². The van der Waals surface area contributed by atoms with E-state index in [9.17, 15) is 0 Å². The summed E-state index contributed by atoms with van der Waals surface area (Å²) in [6, 6.07) is 8.00. The van der Waals surface area contributed by atoms with Crippen LogP contribution in [0.5, 0.6) is 0 Å². The summed E-state index contributed by atoms with van der Waals surface area (Å²) < 4.78 is 5.23. The third kappa shape index (κ3) is 4.79. The number of benzene rings is 1. The fraction of sp³-hybridized carbons (Fsp3) is 0.417. The van der Waals surface area contributed by atoms with Crippen LogP contribution in [0.4, 0.5) is 5.69 Å². The van der Waals surface area contributed by atoms with Crippen molar-refractivity contribution in [1.29, 1.82) is 0 Å². The fourth-order valence-corrected chi connectivity index (χ4v) is 2.06. The standard InChI is InChI=1S/C12H18N2OS/c1-3-15-9-8-14-10-16-12-7-5-4-6-11(12)13-2/h4-7,14H,2-3,8-10H2,1H3. The molecule has 0 amide bonds. The Morgan fingerprint density at radius 2 is 2.25 bits per heavy atom. The van der Waals surface area contributed by atoms with Crippen molar-refractivity contribution in [2.45, 2.75) is 11.8 Å². The van der Waals surface area contributed by atoms with Crippen LogP contribution in [0.1, 0.15) is 6.92 Å². The summed E-state index contributed by atoms with van der Waals surface area (Å²) in [4.78, 5) is 5.13. The van der Waals surface area contributed by atoms with E-state index in [0.29, 0.717) is 0 Å². The fourth-order valence-electron chi connectivity index (χ4n) is 1.20. The van der Waals surface area contributed by atoms with E-state index >= 15 is 0 Å².